The SMILES string of the molecule is CCNc1ncc(Cl)c(NCC2CCCCC2O)n1. The van der Waals surface area contributed by atoms with Gasteiger partial charge in [0.15, 0.2) is 0 Å². The molecule has 0 aromatic carbocycles. The predicted molar refractivity (Wildman–Crippen MR) is 77.7 cm³/mol. The van der Waals surface area contributed by atoms with Crippen molar-refractivity contribution in [3.05, 3.63) is 11.2 Å². The van der Waals surface area contributed by atoms with Crippen LogP contribution in [0.3, 0.4) is 0 Å². The summed E-state index contributed by atoms with van der Waals surface area (Å²) < 4.78 is 0. The summed E-state index contributed by atoms with van der Waals surface area (Å²) in [6.45, 7) is 3.45. The average molecular weight is 285 g/mol. The minimum absolute atomic E-state index is 0.213. The summed E-state index contributed by atoms with van der Waals surface area (Å²) in [5, 5.41) is 16.7. The maximum absolute atomic E-state index is 9.94. The van der Waals surface area contributed by atoms with Crippen LogP contribution in [0.15, 0.2) is 6.20 Å². The van der Waals surface area contributed by atoms with E-state index in [1.54, 1.807) is 6.20 Å². The molecule has 1 saturated carbocycles. The number of hydrogen-bond donors (Lipinski definition) is 3. The van der Waals surface area contributed by atoms with Crippen LogP contribution in [0, 0.1) is 5.92 Å². The van der Waals surface area contributed by atoms with E-state index in [9.17, 15) is 5.11 Å². The first-order valence-corrected chi connectivity index (χ1v) is 7.27. The van der Waals surface area contributed by atoms with Crippen LogP contribution in [-0.2, 0) is 0 Å². The zero-order valence-corrected chi connectivity index (χ0v) is 12.0. The van der Waals surface area contributed by atoms with E-state index >= 15 is 0 Å². The molecule has 0 amide bonds. The van der Waals surface area contributed by atoms with Gasteiger partial charge in [-0.05, 0) is 19.8 Å². The Bertz CT molecular complexity index is 416. The highest BCUT2D eigenvalue weighted by molar-refractivity contribution is 6.32. The van der Waals surface area contributed by atoms with Crippen LogP contribution in [0.5, 0.6) is 0 Å². The smallest absolute Gasteiger partial charge is 0.224 e. The van der Waals surface area contributed by atoms with Crippen molar-refractivity contribution >= 4 is 23.4 Å². The molecule has 1 aromatic rings. The molecule has 1 aromatic heterocycles. The molecule has 19 heavy (non-hydrogen) atoms. The van der Waals surface area contributed by atoms with Crippen LogP contribution < -0.4 is 10.6 Å². The molecule has 6 heteroatoms. The molecule has 3 N–H and O–H groups in total. The summed E-state index contributed by atoms with van der Waals surface area (Å²) in [6.07, 6.45) is 5.63. The lowest BCUT2D eigenvalue weighted by molar-refractivity contribution is 0.0763. The average Bonchev–Trinajstić information content (AvgIpc) is 2.41. The van der Waals surface area contributed by atoms with E-state index in [0.717, 1.165) is 25.8 Å². The molecule has 0 aliphatic heterocycles. The Balaban J connectivity index is 1.96. The first-order valence-electron chi connectivity index (χ1n) is 6.89. The van der Waals surface area contributed by atoms with Crippen LogP contribution in [0.4, 0.5) is 11.8 Å². The normalized spacial score (nSPS) is 23.1. The molecule has 106 valence electrons. The van der Waals surface area contributed by atoms with E-state index in [4.69, 9.17) is 11.6 Å². The number of aliphatic hydroxyl groups is 1. The van der Waals surface area contributed by atoms with Crippen molar-refractivity contribution in [3.63, 3.8) is 0 Å². The molecule has 0 spiro atoms. The first-order chi connectivity index (χ1) is 9.20. The fourth-order valence-corrected chi connectivity index (χ4v) is 2.55. The minimum Gasteiger partial charge on any atom is -0.393 e. The molecule has 2 rings (SSSR count). The lowest BCUT2D eigenvalue weighted by Gasteiger charge is -2.27. The Morgan fingerprint density at radius 3 is 2.89 bits per heavy atom. The Kier molecular flexibility index (Phi) is 5.22. The van der Waals surface area contributed by atoms with Crippen LogP contribution >= 0.6 is 11.6 Å². The molecule has 0 radical (unpaired) electrons. The Morgan fingerprint density at radius 1 is 1.37 bits per heavy atom. The summed E-state index contributed by atoms with van der Waals surface area (Å²) in [5.74, 6) is 1.48. The van der Waals surface area contributed by atoms with Crippen molar-refractivity contribution in [1.29, 1.82) is 0 Å². The Morgan fingerprint density at radius 2 is 2.16 bits per heavy atom. The molecular weight excluding hydrogens is 264 g/mol. The number of hydrogen-bond acceptors (Lipinski definition) is 5. The molecule has 1 heterocycles. The maximum Gasteiger partial charge on any atom is 0.224 e. The highest BCUT2D eigenvalue weighted by atomic mass is 35.5. The van der Waals surface area contributed by atoms with Crippen LogP contribution in [0.2, 0.25) is 5.02 Å². The molecule has 1 aliphatic carbocycles. The number of aromatic nitrogens is 2. The second kappa shape index (κ2) is 6.91. The van der Waals surface area contributed by atoms with Gasteiger partial charge in [0.2, 0.25) is 5.95 Å². The van der Waals surface area contributed by atoms with Crippen molar-refractivity contribution in [1.82, 2.24) is 9.97 Å². The number of nitrogens with one attached hydrogen (secondary N) is 2. The van der Waals surface area contributed by atoms with Gasteiger partial charge in [0.25, 0.3) is 0 Å². The molecule has 0 bridgehead atoms. The van der Waals surface area contributed by atoms with E-state index in [0.29, 0.717) is 23.3 Å². The van der Waals surface area contributed by atoms with Gasteiger partial charge < -0.3 is 15.7 Å². The standard InChI is InChI=1S/C13H21ClN4O/c1-2-15-13-17-8-10(14)12(18-13)16-7-9-5-3-4-6-11(9)19/h8-9,11,19H,2-7H2,1H3,(H2,15,16,17,18). The van der Waals surface area contributed by atoms with Crippen molar-refractivity contribution in [2.45, 2.75) is 38.7 Å². The van der Waals surface area contributed by atoms with E-state index in [1.807, 2.05) is 6.92 Å². The molecular formula is C13H21ClN4O. The van der Waals surface area contributed by atoms with Gasteiger partial charge in [-0.15, -0.1) is 0 Å². The first kappa shape index (κ1) is 14.3. The molecule has 1 fully saturated rings. The maximum atomic E-state index is 9.94. The van der Waals surface area contributed by atoms with Crippen LogP contribution in [-0.4, -0.2) is 34.3 Å². The third-order valence-corrected chi connectivity index (χ3v) is 3.76. The van der Waals surface area contributed by atoms with Gasteiger partial charge in [0.1, 0.15) is 10.8 Å². The second-order valence-electron chi connectivity index (χ2n) is 4.91. The minimum atomic E-state index is -0.213. The lowest BCUT2D eigenvalue weighted by atomic mass is 9.86. The number of halogens is 1. The van der Waals surface area contributed by atoms with Crippen molar-refractivity contribution in [2.75, 3.05) is 23.7 Å². The monoisotopic (exact) mass is 284 g/mol. The van der Waals surface area contributed by atoms with Crippen molar-refractivity contribution < 1.29 is 5.11 Å². The second-order valence-corrected chi connectivity index (χ2v) is 5.32. The van der Waals surface area contributed by atoms with Gasteiger partial charge in [0.05, 0.1) is 12.3 Å². The van der Waals surface area contributed by atoms with Gasteiger partial charge in [-0.3, -0.25) is 0 Å². The largest absolute Gasteiger partial charge is 0.393 e. The highest BCUT2D eigenvalue weighted by Gasteiger charge is 2.23. The van der Waals surface area contributed by atoms with E-state index in [1.165, 1.54) is 6.42 Å². The number of nitrogens with zero attached hydrogens (tertiary/aromatic N) is 2. The van der Waals surface area contributed by atoms with E-state index in [-0.39, 0.29) is 12.0 Å². The molecule has 2 unspecified atom stereocenters. The molecule has 1 aliphatic rings. The summed E-state index contributed by atoms with van der Waals surface area (Å²) in [5.41, 5.74) is 0. The highest BCUT2D eigenvalue weighted by Crippen LogP contribution is 2.26. The molecule has 2 atom stereocenters. The van der Waals surface area contributed by atoms with E-state index < -0.39 is 0 Å². The van der Waals surface area contributed by atoms with Crippen molar-refractivity contribution in [3.8, 4) is 0 Å². The van der Waals surface area contributed by atoms with Gasteiger partial charge in [0, 0.05) is 19.0 Å². The Hall–Kier alpha value is -1.07. The zero-order valence-electron chi connectivity index (χ0n) is 11.2. The number of rotatable bonds is 5. The Labute approximate surface area is 118 Å². The lowest BCUT2D eigenvalue weighted by Crippen LogP contribution is -2.30. The van der Waals surface area contributed by atoms with Crippen LogP contribution in [0.1, 0.15) is 32.6 Å². The zero-order chi connectivity index (χ0) is 13.7. The topological polar surface area (TPSA) is 70.1 Å². The predicted octanol–water partition coefficient (Wildman–Crippen LogP) is 2.52. The molecule has 5 nitrogen and oxygen atoms in total. The van der Waals surface area contributed by atoms with Crippen LogP contribution in [0.25, 0.3) is 0 Å². The van der Waals surface area contributed by atoms with Gasteiger partial charge in [-0.1, -0.05) is 24.4 Å². The quantitative estimate of drug-likeness (QED) is 0.775. The van der Waals surface area contributed by atoms with Gasteiger partial charge >= 0.3 is 0 Å². The fraction of sp³-hybridized carbons (Fsp3) is 0.692. The van der Waals surface area contributed by atoms with E-state index in [2.05, 4.69) is 20.6 Å². The number of anilines is 2. The summed E-state index contributed by atoms with van der Waals surface area (Å²) in [7, 11) is 0. The third kappa shape index (κ3) is 3.94. The van der Waals surface area contributed by atoms with Crippen molar-refractivity contribution in [2.24, 2.45) is 5.92 Å². The van der Waals surface area contributed by atoms with Gasteiger partial charge in [-0.2, -0.15) is 4.98 Å². The summed E-state index contributed by atoms with van der Waals surface area (Å²) in [4.78, 5) is 8.42. The third-order valence-electron chi connectivity index (χ3n) is 3.48. The number of aliphatic hydroxyl groups excluding tert-OH is 1. The fourth-order valence-electron chi connectivity index (χ4n) is 2.39. The summed E-state index contributed by atoms with van der Waals surface area (Å²) >= 11 is 6.07. The summed E-state index contributed by atoms with van der Waals surface area (Å²) in [6, 6.07) is 0. The van der Waals surface area contributed by atoms with Gasteiger partial charge in [-0.25, -0.2) is 4.98 Å². The molecule has 0 saturated heterocycles.